The lowest BCUT2D eigenvalue weighted by Gasteiger charge is -2.17. The maximum Gasteiger partial charge on any atom is 0.0629 e. The van der Waals surface area contributed by atoms with Crippen molar-refractivity contribution in [1.29, 1.82) is 0 Å². The van der Waals surface area contributed by atoms with Crippen LogP contribution in [0.3, 0.4) is 0 Å². The van der Waals surface area contributed by atoms with Crippen LogP contribution in [-0.4, -0.2) is 16.8 Å². The molecule has 0 aliphatic carbocycles. The fraction of sp³-hybridized carbons (Fsp3) is 0.357. The van der Waals surface area contributed by atoms with Crippen LogP contribution in [0.5, 0.6) is 0 Å². The zero-order valence-corrected chi connectivity index (χ0v) is 11.9. The summed E-state index contributed by atoms with van der Waals surface area (Å²) in [6.45, 7) is 2.20. The zero-order valence-electron chi connectivity index (χ0n) is 11.1. The predicted molar refractivity (Wildman–Crippen MR) is 75.9 cm³/mol. The summed E-state index contributed by atoms with van der Waals surface area (Å²) >= 11 is 1.77. The minimum atomic E-state index is 0.408. The smallest absolute Gasteiger partial charge is 0.0629 e. The summed E-state index contributed by atoms with van der Waals surface area (Å²) < 4.78 is 1.83. The molecule has 2 rings (SSSR count). The number of hydrogen-bond donors (Lipinski definition) is 1. The highest BCUT2D eigenvalue weighted by Crippen LogP contribution is 2.33. The molecule has 0 saturated heterocycles. The highest BCUT2D eigenvalue weighted by molar-refractivity contribution is 7.99. The molecule has 0 fully saturated rings. The first-order chi connectivity index (χ1) is 8.74. The van der Waals surface area contributed by atoms with Crippen LogP contribution in [0.15, 0.2) is 46.5 Å². The van der Waals surface area contributed by atoms with Crippen molar-refractivity contribution in [2.24, 2.45) is 7.05 Å². The van der Waals surface area contributed by atoms with E-state index in [1.165, 1.54) is 15.4 Å². The van der Waals surface area contributed by atoms with E-state index in [-0.39, 0.29) is 0 Å². The minimum Gasteiger partial charge on any atom is -0.313 e. The normalized spacial score (nSPS) is 12.6. The van der Waals surface area contributed by atoms with E-state index in [0.717, 1.165) is 6.42 Å². The average Bonchev–Trinajstić information content (AvgIpc) is 2.78. The molecule has 96 valence electrons. The van der Waals surface area contributed by atoms with Crippen LogP contribution in [0.4, 0.5) is 0 Å². The molecule has 0 radical (unpaired) electrons. The Balaban J connectivity index is 2.27. The van der Waals surface area contributed by atoms with Gasteiger partial charge >= 0.3 is 0 Å². The van der Waals surface area contributed by atoms with E-state index in [2.05, 4.69) is 41.6 Å². The van der Waals surface area contributed by atoms with Gasteiger partial charge in [-0.1, -0.05) is 36.9 Å². The molecule has 4 heteroatoms. The third-order valence-corrected chi connectivity index (χ3v) is 4.00. The van der Waals surface area contributed by atoms with E-state index in [1.54, 1.807) is 11.8 Å². The summed E-state index contributed by atoms with van der Waals surface area (Å²) in [5.41, 5.74) is 1.36. The molecular weight excluding hydrogens is 242 g/mol. The molecule has 0 aliphatic heterocycles. The van der Waals surface area contributed by atoms with Crippen molar-refractivity contribution >= 4 is 11.8 Å². The maximum atomic E-state index is 4.21. The van der Waals surface area contributed by atoms with Crippen molar-refractivity contribution in [3.8, 4) is 0 Å². The van der Waals surface area contributed by atoms with Gasteiger partial charge in [-0.2, -0.15) is 5.10 Å². The summed E-state index contributed by atoms with van der Waals surface area (Å²) in [5.74, 6) is 0. The molecule has 1 unspecified atom stereocenters. The van der Waals surface area contributed by atoms with Gasteiger partial charge in [0.2, 0.25) is 0 Å². The molecule has 0 spiro atoms. The van der Waals surface area contributed by atoms with Crippen LogP contribution in [0.25, 0.3) is 0 Å². The van der Waals surface area contributed by atoms with E-state index in [9.17, 15) is 0 Å². The summed E-state index contributed by atoms with van der Waals surface area (Å²) in [4.78, 5) is 2.47. The standard InChI is InChI=1S/C14H19N3S/c1-4-13(15-2)12-7-5-6-8-14(12)18-11-9-16-17(3)10-11/h5-10,13,15H,4H2,1-3H3. The van der Waals surface area contributed by atoms with Gasteiger partial charge in [-0.15, -0.1) is 0 Å². The lowest BCUT2D eigenvalue weighted by molar-refractivity contribution is 0.568. The van der Waals surface area contributed by atoms with E-state index in [4.69, 9.17) is 0 Å². The van der Waals surface area contributed by atoms with Gasteiger partial charge < -0.3 is 5.32 Å². The van der Waals surface area contributed by atoms with E-state index in [1.807, 2.05) is 31.2 Å². The number of aryl methyl sites for hydroxylation is 1. The zero-order chi connectivity index (χ0) is 13.0. The second kappa shape index (κ2) is 6.07. The highest BCUT2D eigenvalue weighted by Gasteiger charge is 2.12. The van der Waals surface area contributed by atoms with Crippen LogP contribution in [-0.2, 0) is 7.05 Å². The molecule has 2 aromatic rings. The van der Waals surface area contributed by atoms with Crippen LogP contribution < -0.4 is 5.32 Å². The van der Waals surface area contributed by atoms with Gasteiger partial charge in [-0.3, -0.25) is 4.68 Å². The Kier molecular flexibility index (Phi) is 4.44. The average molecular weight is 261 g/mol. The largest absolute Gasteiger partial charge is 0.313 e. The monoisotopic (exact) mass is 261 g/mol. The summed E-state index contributed by atoms with van der Waals surface area (Å²) in [5, 5.41) is 7.57. The van der Waals surface area contributed by atoms with Gasteiger partial charge in [0.1, 0.15) is 0 Å². The van der Waals surface area contributed by atoms with Gasteiger partial charge in [0, 0.05) is 24.2 Å². The highest BCUT2D eigenvalue weighted by atomic mass is 32.2. The van der Waals surface area contributed by atoms with E-state index >= 15 is 0 Å². The second-order valence-corrected chi connectivity index (χ2v) is 5.35. The van der Waals surface area contributed by atoms with Crippen LogP contribution >= 0.6 is 11.8 Å². The van der Waals surface area contributed by atoms with Crippen LogP contribution in [0.1, 0.15) is 24.9 Å². The topological polar surface area (TPSA) is 29.9 Å². The molecule has 1 atom stereocenters. The van der Waals surface area contributed by atoms with Gasteiger partial charge in [-0.25, -0.2) is 0 Å². The Labute approximate surface area is 113 Å². The fourth-order valence-corrected chi connectivity index (χ4v) is 3.05. The van der Waals surface area contributed by atoms with Gasteiger partial charge in [0.15, 0.2) is 0 Å². The lowest BCUT2D eigenvalue weighted by atomic mass is 10.1. The first-order valence-electron chi connectivity index (χ1n) is 6.17. The molecular formula is C14H19N3S. The van der Waals surface area contributed by atoms with Gasteiger partial charge in [0.05, 0.1) is 11.1 Å². The van der Waals surface area contributed by atoms with Crippen molar-refractivity contribution in [2.75, 3.05) is 7.05 Å². The Morgan fingerprint density at radius 2 is 2.17 bits per heavy atom. The number of benzene rings is 1. The Morgan fingerprint density at radius 3 is 2.78 bits per heavy atom. The van der Waals surface area contributed by atoms with Crippen molar-refractivity contribution in [2.45, 2.75) is 29.2 Å². The molecule has 1 N–H and O–H groups in total. The third-order valence-electron chi connectivity index (χ3n) is 2.96. The van der Waals surface area contributed by atoms with Gasteiger partial charge in [0.25, 0.3) is 0 Å². The molecule has 3 nitrogen and oxygen atoms in total. The van der Waals surface area contributed by atoms with Crippen molar-refractivity contribution in [3.63, 3.8) is 0 Å². The summed E-state index contributed by atoms with van der Waals surface area (Å²) in [6, 6.07) is 8.97. The minimum absolute atomic E-state index is 0.408. The Bertz CT molecular complexity index is 503. The third kappa shape index (κ3) is 2.94. The summed E-state index contributed by atoms with van der Waals surface area (Å²) in [6.07, 6.45) is 5.03. The SMILES string of the molecule is CCC(NC)c1ccccc1Sc1cnn(C)c1. The second-order valence-electron chi connectivity index (χ2n) is 4.24. The number of rotatable bonds is 5. The van der Waals surface area contributed by atoms with E-state index < -0.39 is 0 Å². The first-order valence-corrected chi connectivity index (χ1v) is 6.99. The Morgan fingerprint density at radius 1 is 1.39 bits per heavy atom. The Hall–Kier alpha value is -1.26. The number of nitrogens with zero attached hydrogens (tertiary/aromatic N) is 2. The van der Waals surface area contributed by atoms with Crippen molar-refractivity contribution in [1.82, 2.24) is 15.1 Å². The summed E-state index contributed by atoms with van der Waals surface area (Å²) in [7, 11) is 3.96. The predicted octanol–water partition coefficient (Wildman–Crippen LogP) is 3.24. The molecule has 0 saturated carbocycles. The van der Waals surface area contributed by atoms with Crippen LogP contribution in [0.2, 0.25) is 0 Å². The molecule has 18 heavy (non-hydrogen) atoms. The molecule has 1 heterocycles. The quantitative estimate of drug-likeness (QED) is 0.896. The van der Waals surface area contributed by atoms with Crippen molar-refractivity contribution in [3.05, 3.63) is 42.2 Å². The maximum absolute atomic E-state index is 4.21. The van der Waals surface area contributed by atoms with Crippen molar-refractivity contribution < 1.29 is 0 Å². The number of nitrogens with one attached hydrogen (secondary N) is 1. The number of hydrogen-bond acceptors (Lipinski definition) is 3. The lowest BCUT2D eigenvalue weighted by Crippen LogP contribution is -2.15. The molecule has 0 amide bonds. The molecule has 1 aromatic carbocycles. The fourth-order valence-electron chi connectivity index (χ4n) is 2.02. The molecule has 1 aromatic heterocycles. The van der Waals surface area contributed by atoms with Crippen LogP contribution in [0, 0.1) is 0 Å². The molecule has 0 aliphatic rings. The number of aromatic nitrogens is 2. The molecule has 0 bridgehead atoms. The van der Waals surface area contributed by atoms with Gasteiger partial charge in [-0.05, 0) is 25.1 Å². The first kappa shape index (κ1) is 13.2. The van der Waals surface area contributed by atoms with E-state index in [0.29, 0.717) is 6.04 Å².